The first-order chi connectivity index (χ1) is 14.7. The van der Waals surface area contributed by atoms with E-state index >= 15 is 0 Å². The Labute approximate surface area is 183 Å². The topological polar surface area (TPSA) is 120 Å². The molecule has 10 heteroatoms. The molecule has 2 aromatic rings. The molecule has 2 amide bonds. The summed E-state index contributed by atoms with van der Waals surface area (Å²) in [5, 5.41) is 5.47. The molecule has 4 rings (SSSR count). The Morgan fingerprint density at radius 2 is 1.87 bits per heavy atom. The number of nitrogens with one attached hydrogen (secondary N) is 2. The number of aromatic nitrogens is 2. The number of hydrogen-bond donors (Lipinski definition) is 4. The lowest BCUT2D eigenvalue weighted by atomic mass is 10.0. The molecule has 9 nitrogen and oxygen atoms in total. The number of rotatable bonds is 4. The number of benzene rings is 1. The van der Waals surface area contributed by atoms with Crippen LogP contribution in [0.25, 0.3) is 11.4 Å². The quantitative estimate of drug-likeness (QED) is 0.565. The van der Waals surface area contributed by atoms with Crippen LogP contribution in [-0.4, -0.2) is 58.0 Å². The maximum atomic E-state index is 11.7. The number of anilines is 2. The highest BCUT2D eigenvalue weighted by Gasteiger charge is 2.47. The van der Waals surface area contributed by atoms with Gasteiger partial charge < -0.3 is 20.3 Å². The zero-order valence-electron chi connectivity index (χ0n) is 18.0. The minimum Gasteiger partial charge on any atom is -0.378 e. The van der Waals surface area contributed by atoms with Crippen molar-refractivity contribution >= 4 is 28.1 Å². The Balaban J connectivity index is 1.73. The van der Waals surface area contributed by atoms with Gasteiger partial charge in [-0.15, -0.1) is 0 Å². The van der Waals surface area contributed by atoms with Crippen molar-refractivity contribution in [3.63, 3.8) is 0 Å². The van der Waals surface area contributed by atoms with Crippen molar-refractivity contribution in [1.29, 1.82) is 0 Å². The number of carbonyl (C=O) groups is 1. The predicted octanol–water partition coefficient (Wildman–Crippen LogP) is 3.62. The highest BCUT2D eigenvalue weighted by Crippen LogP contribution is 2.66. The lowest BCUT2D eigenvalue weighted by Gasteiger charge is -2.40. The van der Waals surface area contributed by atoms with E-state index in [0.29, 0.717) is 50.1 Å². The Hall–Kier alpha value is -2.40. The van der Waals surface area contributed by atoms with E-state index in [4.69, 9.17) is 14.7 Å². The maximum absolute atomic E-state index is 11.7. The standard InChI is InChI=1S/C21H29N5O4S/c1-4-22-20(27)23-15-7-5-14(6-8-15)18-24-17-16(13-31(28,29)21(17,2)3)19(25-18)26-9-11-30-12-10-26/h5-8,28-29H,4,9-13H2,1-3H3,(H2,22,23,27). The van der Waals surface area contributed by atoms with E-state index in [9.17, 15) is 13.9 Å². The van der Waals surface area contributed by atoms with E-state index in [2.05, 4.69) is 15.5 Å². The fourth-order valence-corrected chi connectivity index (χ4v) is 5.35. The second kappa shape index (κ2) is 8.27. The van der Waals surface area contributed by atoms with Gasteiger partial charge in [0.2, 0.25) is 0 Å². The third-order valence-electron chi connectivity index (χ3n) is 5.77. The number of morpholine rings is 1. The molecule has 0 atom stereocenters. The van der Waals surface area contributed by atoms with Gasteiger partial charge in [0.05, 0.1) is 29.4 Å². The molecule has 31 heavy (non-hydrogen) atoms. The van der Waals surface area contributed by atoms with Crippen molar-refractivity contribution in [3.8, 4) is 11.4 Å². The molecule has 1 saturated heterocycles. The number of nitrogens with zero attached hydrogens (tertiary/aromatic N) is 3. The van der Waals surface area contributed by atoms with E-state index < -0.39 is 15.3 Å². The number of amides is 2. The summed E-state index contributed by atoms with van der Waals surface area (Å²) in [6.07, 6.45) is 0. The first-order valence-electron chi connectivity index (χ1n) is 10.4. The second-order valence-electron chi connectivity index (χ2n) is 8.18. The van der Waals surface area contributed by atoms with Gasteiger partial charge in [-0.25, -0.2) is 14.8 Å². The lowest BCUT2D eigenvalue weighted by Crippen LogP contribution is -2.37. The summed E-state index contributed by atoms with van der Waals surface area (Å²) >= 11 is 0. The van der Waals surface area contributed by atoms with E-state index in [1.54, 1.807) is 12.1 Å². The average Bonchev–Trinajstić information content (AvgIpc) is 2.93. The molecule has 3 heterocycles. The Morgan fingerprint density at radius 3 is 2.52 bits per heavy atom. The minimum atomic E-state index is -2.88. The molecule has 0 bridgehead atoms. The lowest BCUT2D eigenvalue weighted by molar-refractivity contribution is 0.122. The summed E-state index contributed by atoms with van der Waals surface area (Å²) in [4.78, 5) is 23.5. The minimum absolute atomic E-state index is 0.164. The van der Waals surface area contributed by atoms with Crippen LogP contribution in [0.3, 0.4) is 0 Å². The fourth-order valence-electron chi connectivity index (χ4n) is 3.84. The molecule has 2 aliphatic rings. The van der Waals surface area contributed by atoms with Crippen LogP contribution in [0.5, 0.6) is 0 Å². The van der Waals surface area contributed by atoms with Crippen molar-refractivity contribution in [2.75, 3.05) is 43.1 Å². The van der Waals surface area contributed by atoms with Gasteiger partial charge in [-0.2, -0.15) is 10.6 Å². The summed E-state index contributed by atoms with van der Waals surface area (Å²) in [6.45, 7) is 8.65. The van der Waals surface area contributed by atoms with Crippen LogP contribution in [-0.2, 0) is 15.2 Å². The van der Waals surface area contributed by atoms with Crippen LogP contribution >= 0.6 is 10.6 Å². The fraction of sp³-hybridized carbons (Fsp3) is 0.476. The third kappa shape index (κ3) is 4.08. The van der Waals surface area contributed by atoms with Crippen molar-refractivity contribution in [2.45, 2.75) is 31.3 Å². The van der Waals surface area contributed by atoms with Gasteiger partial charge in [-0.3, -0.25) is 9.11 Å². The number of ether oxygens (including phenoxy) is 1. The van der Waals surface area contributed by atoms with Gasteiger partial charge in [0.1, 0.15) is 5.82 Å². The van der Waals surface area contributed by atoms with Crippen LogP contribution in [0.2, 0.25) is 0 Å². The summed E-state index contributed by atoms with van der Waals surface area (Å²) in [5.41, 5.74) is 2.95. The van der Waals surface area contributed by atoms with Crippen molar-refractivity contribution in [1.82, 2.24) is 15.3 Å². The van der Waals surface area contributed by atoms with Gasteiger partial charge >= 0.3 is 6.03 Å². The van der Waals surface area contributed by atoms with Gasteiger partial charge in [-0.1, -0.05) is 0 Å². The largest absolute Gasteiger partial charge is 0.378 e. The highest BCUT2D eigenvalue weighted by atomic mass is 32.3. The summed E-state index contributed by atoms with van der Waals surface area (Å²) in [7, 11) is -2.88. The number of hydrogen-bond acceptors (Lipinski definition) is 7. The van der Waals surface area contributed by atoms with Crippen LogP contribution < -0.4 is 15.5 Å². The van der Waals surface area contributed by atoms with Crippen LogP contribution in [0.15, 0.2) is 24.3 Å². The first kappa shape index (κ1) is 21.8. The van der Waals surface area contributed by atoms with Gasteiger partial charge in [-0.05, 0) is 45.0 Å². The number of urea groups is 1. The molecular weight excluding hydrogens is 418 g/mol. The van der Waals surface area contributed by atoms with E-state index in [-0.39, 0.29) is 11.8 Å². The molecule has 2 aliphatic heterocycles. The predicted molar refractivity (Wildman–Crippen MR) is 123 cm³/mol. The zero-order valence-corrected chi connectivity index (χ0v) is 18.8. The maximum Gasteiger partial charge on any atom is 0.319 e. The van der Waals surface area contributed by atoms with Crippen molar-refractivity contribution in [2.24, 2.45) is 0 Å². The van der Waals surface area contributed by atoms with Crippen LogP contribution in [0.4, 0.5) is 16.3 Å². The first-order valence-corrected chi connectivity index (χ1v) is 12.1. The Bertz CT molecular complexity index is 974. The SMILES string of the molecule is CCNC(=O)Nc1ccc(-c2nc(N3CCOCC3)c3c(n2)C(C)(C)S(O)(O)C3)cc1. The summed E-state index contributed by atoms with van der Waals surface area (Å²) in [5.74, 6) is 1.44. The molecule has 1 aromatic heterocycles. The molecular formula is C21H29N5O4S. The molecule has 4 N–H and O–H groups in total. The zero-order chi connectivity index (χ0) is 22.2. The van der Waals surface area contributed by atoms with E-state index in [0.717, 1.165) is 16.9 Å². The van der Waals surface area contributed by atoms with E-state index in [1.807, 2.05) is 32.9 Å². The second-order valence-corrected chi connectivity index (χ2v) is 10.8. The van der Waals surface area contributed by atoms with Crippen molar-refractivity contribution in [3.05, 3.63) is 35.5 Å². The third-order valence-corrected chi connectivity index (χ3v) is 8.29. The molecule has 1 aromatic carbocycles. The summed E-state index contributed by atoms with van der Waals surface area (Å²) in [6, 6.07) is 7.05. The summed E-state index contributed by atoms with van der Waals surface area (Å²) < 4.78 is 26.2. The normalized spacial score (nSPS) is 20.1. The molecule has 1 fully saturated rings. The van der Waals surface area contributed by atoms with Crippen molar-refractivity contribution < 1.29 is 18.6 Å². The van der Waals surface area contributed by atoms with Crippen LogP contribution in [0.1, 0.15) is 32.0 Å². The molecule has 0 radical (unpaired) electrons. The van der Waals surface area contributed by atoms with Gasteiger partial charge in [0, 0.05) is 36.4 Å². The molecule has 0 aliphatic carbocycles. The monoisotopic (exact) mass is 447 g/mol. The number of fused-ring (bicyclic) bond motifs is 1. The van der Waals surface area contributed by atoms with E-state index in [1.165, 1.54) is 0 Å². The number of carbonyl (C=O) groups excluding carboxylic acids is 1. The highest BCUT2D eigenvalue weighted by molar-refractivity contribution is 8.24. The molecule has 168 valence electrons. The average molecular weight is 448 g/mol. The smallest absolute Gasteiger partial charge is 0.319 e. The van der Waals surface area contributed by atoms with Gasteiger partial charge in [0.15, 0.2) is 5.82 Å². The van der Waals surface area contributed by atoms with Crippen LogP contribution in [0, 0.1) is 0 Å². The molecule has 0 saturated carbocycles. The molecule has 0 unspecified atom stereocenters. The van der Waals surface area contributed by atoms with Gasteiger partial charge in [0.25, 0.3) is 0 Å². The Morgan fingerprint density at radius 1 is 1.19 bits per heavy atom. The molecule has 0 spiro atoms. The Kier molecular flexibility index (Phi) is 5.82.